The molecule has 5 nitrogen and oxygen atoms in total. The van der Waals surface area contributed by atoms with Crippen LogP contribution in [0.25, 0.3) is 5.69 Å². The number of hydrogen-bond donors (Lipinski definition) is 1. The second-order valence-electron chi connectivity index (χ2n) is 5.59. The van der Waals surface area contributed by atoms with Gasteiger partial charge in [-0.3, -0.25) is 4.90 Å². The van der Waals surface area contributed by atoms with Crippen LogP contribution in [0.3, 0.4) is 0 Å². The van der Waals surface area contributed by atoms with E-state index >= 15 is 0 Å². The summed E-state index contributed by atoms with van der Waals surface area (Å²) in [5.41, 5.74) is 7.71. The molecular weight excluding hydrogens is 345 g/mol. The zero-order valence-electron chi connectivity index (χ0n) is 12.1. The lowest BCUT2D eigenvalue weighted by molar-refractivity contribution is 0.315. The molecule has 2 heterocycles. The Hall–Kier alpha value is -0.850. The van der Waals surface area contributed by atoms with E-state index in [2.05, 4.69) is 22.1 Å². The van der Waals surface area contributed by atoms with Gasteiger partial charge < -0.3 is 5.73 Å². The van der Waals surface area contributed by atoms with Crippen molar-refractivity contribution in [3.63, 3.8) is 0 Å². The number of nitrogens with zero attached hydrogens (tertiary/aromatic N) is 4. The minimum atomic E-state index is 0. The number of rotatable bonds is 3. The molecule has 120 valence electrons. The van der Waals surface area contributed by atoms with E-state index in [4.69, 9.17) is 28.9 Å². The van der Waals surface area contributed by atoms with E-state index in [-0.39, 0.29) is 18.4 Å². The van der Waals surface area contributed by atoms with Crippen molar-refractivity contribution in [3.8, 4) is 5.69 Å². The van der Waals surface area contributed by atoms with Crippen molar-refractivity contribution in [2.24, 2.45) is 11.7 Å². The second kappa shape index (κ2) is 7.15. The fourth-order valence-corrected chi connectivity index (χ4v) is 3.10. The van der Waals surface area contributed by atoms with Crippen LogP contribution in [0.15, 0.2) is 24.4 Å². The van der Waals surface area contributed by atoms with Crippen molar-refractivity contribution in [2.45, 2.75) is 19.5 Å². The number of benzene rings is 1. The maximum Gasteiger partial charge on any atom is 0.0971 e. The Bertz CT molecular complexity index is 635. The SMILES string of the molecule is CC1CN(Cc2cn(-c3ccc(Cl)cc3Cl)nn2)CC1N.Cl. The Balaban J connectivity index is 0.00000176. The number of hydrogen-bond acceptors (Lipinski definition) is 4. The third-order valence-electron chi connectivity index (χ3n) is 3.83. The molecule has 2 unspecified atom stereocenters. The molecular formula is C14H18Cl3N5. The minimum absolute atomic E-state index is 0. The Morgan fingerprint density at radius 2 is 2.09 bits per heavy atom. The van der Waals surface area contributed by atoms with Gasteiger partial charge in [-0.05, 0) is 24.1 Å². The van der Waals surface area contributed by atoms with Crippen LogP contribution in [0.4, 0.5) is 0 Å². The molecule has 2 N–H and O–H groups in total. The Morgan fingerprint density at radius 3 is 2.73 bits per heavy atom. The zero-order chi connectivity index (χ0) is 15.0. The van der Waals surface area contributed by atoms with E-state index in [9.17, 15) is 0 Å². The summed E-state index contributed by atoms with van der Waals surface area (Å²) in [5, 5.41) is 9.50. The highest BCUT2D eigenvalue weighted by Crippen LogP contribution is 2.24. The van der Waals surface area contributed by atoms with Gasteiger partial charge in [0.2, 0.25) is 0 Å². The van der Waals surface area contributed by atoms with Crippen LogP contribution in [-0.4, -0.2) is 39.0 Å². The smallest absolute Gasteiger partial charge is 0.0971 e. The predicted molar refractivity (Wildman–Crippen MR) is 91.0 cm³/mol. The molecule has 2 atom stereocenters. The lowest BCUT2D eigenvalue weighted by Gasteiger charge is -2.12. The molecule has 0 spiro atoms. The van der Waals surface area contributed by atoms with Crippen molar-refractivity contribution in [3.05, 3.63) is 40.1 Å². The highest BCUT2D eigenvalue weighted by atomic mass is 35.5. The van der Waals surface area contributed by atoms with Gasteiger partial charge in [0.05, 0.1) is 22.6 Å². The largest absolute Gasteiger partial charge is 0.326 e. The van der Waals surface area contributed by atoms with E-state index < -0.39 is 0 Å². The van der Waals surface area contributed by atoms with Gasteiger partial charge in [-0.25, -0.2) is 4.68 Å². The van der Waals surface area contributed by atoms with Crippen molar-refractivity contribution in [1.82, 2.24) is 19.9 Å². The summed E-state index contributed by atoms with van der Waals surface area (Å²) < 4.78 is 1.67. The van der Waals surface area contributed by atoms with E-state index in [0.717, 1.165) is 31.0 Å². The molecule has 2 aromatic rings. The average molecular weight is 363 g/mol. The van der Waals surface area contributed by atoms with Crippen molar-refractivity contribution < 1.29 is 0 Å². The number of nitrogens with two attached hydrogens (primary N) is 1. The monoisotopic (exact) mass is 361 g/mol. The predicted octanol–water partition coefficient (Wildman–Crippen LogP) is 2.77. The first-order valence-corrected chi connectivity index (χ1v) is 7.63. The normalized spacial score (nSPS) is 21.8. The first-order chi connectivity index (χ1) is 10.0. The number of likely N-dealkylation sites (tertiary alicyclic amines) is 1. The average Bonchev–Trinajstić information content (AvgIpc) is 2.98. The van der Waals surface area contributed by atoms with Crippen LogP contribution in [0, 0.1) is 5.92 Å². The van der Waals surface area contributed by atoms with Crippen LogP contribution >= 0.6 is 35.6 Å². The molecule has 1 aliphatic rings. The van der Waals surface area contributed by atoms with Gasteiger partial charge in [0.15, 0.2) is 0 Å². The molecule has 0 amide bonds. The molecule has 22 heavy (non-hydrogen) atoms. The van der Waals surface area contributed by atoms with Crippen LogP contribution in [0.1, 0.15) is 12.6 Å². The van der Waals surface area contributed by atoms with Gasteiger partial charge in [-0.2, -0.15) is 0 Å². The molecule has 0 radical (unpaired) electrons. The quantitative estimate of drug-likeness (QED) is 0.912. The van der Waals surface area contributed by atoms with Crippen LogP contribution < -0.4 is 5.73 Å². The first-order valence-electron chi connectivity index (χ1n) is 6.87. The summed E-state index contributed by atoms with van der Waals surface area (Å²) in [6.07, 6.45) is 1.89. The van der Waals surface area contributed by atoms with Crippen LogP contribution in [0.2, 0.25) is 10.0 Å². The molecule has 1 aromatic carbocycles. The number of halogens is 3. The number of aromatic nitrogens is 3. The van der Waals surface area contributed by atoms with E-state index in [1.165, 1.54) is 0 Å². The maximum absolute atomic E-state index is 6.18. The van der Waals surface area contributed by atoms with Crippen molar-refractivity contribution in [2.75, 3.05) is 13.1 Å². The van der Waals surface area contributed by atoms with E-state index in [1.54, 1.807) is 16.8 Å². The molecule has 1 aromatic heterocycles. The molecule has 1 aliphatic heterocycles. The standard InChI is InChI=1S/C14H17Cl2N5.ClH/c1-9-5-20(8-13(9)17)6-11-7-21(19-18-11)14-3-2-10(15)4-12(14)16;/h2-4,7,9,13H,5-6,8,17H2,1H3;1H. The molecule has 1 fully saturated rings. The summed E-state index contributed by atoms with van der Waals surface area (Å²) in [6.45, 7) is 4.82. The van der Waals surface area contributed by atoms with Gasteiger partial charge in [-0.1, -0.05) is 35.3 Å². The molecule has 0 bridgehead atoms. The summed E-state index contributed by atoms with van der Waals surface area (Å²) in [4.78, 5) is 2.30. The van der Waals surface area contributed by atoms with Gasteiger partial charge >= 0.3 is 0 Å². The Morgan fingerprint density at radius 1 is 1.32 bits per heavy atom. The minimum Gasteiger partial charge on any atom is -0.326 e. The van der Waals surface area contributed by atoms with Crippen LogP contribution in [0.5, 0.6) is 0 Å². The summed E-state index contributed by atoms with van der Waals surface area (Å²) in [6, 6.07) is 5.55. The Labute approximate surface area is 145 Å². The third-order valence-corrected chi connectivity index (χ3v) is 4.37. The van der Waals surface area contributed by atoms with Gasteiger partial charge in [0, 0.05) is 30.7 Å². The first kappa shape index (κ1) is 17.5. The van der Waals surface area contributed by atoms with E-state index in [1.807, 2.05) is 12.3 Å². The lowest BCUT2D eigenvalue weighted by atomic mass is 10.1. The second-order valence-corrected chi connectivity index (χ2v) is 6.43. The molecule has 0 saturated carbocycles. The third kappa shape index (κ3) is 3.73. The Kier molecular flexibility index (Phi) is 5.69. The molecule has 3 rings (SSSR count). The summed E-state index contributed by atoms with van der Waals surface area (Å²) >= 11 is 12.1. The summed E-state index contributed by atoms with van der Waals surface area (Å²) in [7, 11) is 0. The maximum atomic E-state index is 6.18. The fourth-order valence-electron chi connectivity index (χ4n) is 2.61. The van der Waals surface area contributed by atoms with Gasteiger partial charge in [0.1, 0.15) is 0 Å². The molecule has 8 heteroatoms. The molecule has 0 aliphatic carbocycles. The topological polar surface area (TPSA) is 60.0 Å². The van der Waals surface area contributed by atoms with Gasteiger partial charge in [0.25, 0.3) is 0 Å². The van der Waals surface area contributed by atoms with Crippen molar-refractivity contribution in [1.29, 1.82) is 0 Å². The summed E-state index contributed by atoms with van der Waals surface area (Å²) in [5.74, 6) is 0.519. The van der Waals surface area contributed by atoms with Crippen LogP contribution in [-0.2, 0) is 6.54 Å². The molecule has 1 saturated heterocycles. The highest BCUT2D eigenvalue weighted by Gasteiger charge is 2.26. The van der Waals surface area contributed by atoms with Crippen molar-refractivity contribution >= 4 is 35.6 Å². The van der Waals surface area contributed by atoms with Gasteiger partial charge in [-0.15, -0.1) is 17.5 Å². The fraction of sp³-hybridized carbons (Fsp3) is 0.429. The lowest BCUT2D eigenvalue weighted by Crippen LogP contribution is -2.28. The zero-order valence-corrected chi connectivity index (χ0v) is 14.4. The highest BCUT2D eigenvalue weighted by molar-refractivity contribution is 6.35. The van der Waals surface area contributed by atoms with E-state index in [0.29, 0.717) is 16.0 Å².